The lowest BCUT2D eigenvalue weighted by Crippen LogP contribution is -2.27. The van der Waals surface area contributed by atoms with E-state index >= 15 is 4.39 Å². The fourth-order valence-corrected chi connectivity index (χ4v) is 3.34. The third-order valence-electron chi connectivity index (χ3n) is 4.94. The number of nitrogens with zero attached hydrogens (tertiary/aromatic N) is 2. The second kappa shape index (κ2) is 11.9. The number of nitrogens with one attached hydrogen (secondary N) is 2. The largest absolute Gasteiger partial charge is 0.475 e. The minimum Gasteiger partial charge on any atom is -0.475 e. The number of halogens is 2. The molecular weight excluding hydrogens is 475 g/mol. The monoisotopic (exact) mass is 502 g/mol. The van der Waals surface area contributed by atoms with Gasteiger partial charge in [-0.15, -0.1) is 0 Å². The summed E-state index contributed by atoms with van der Waals surface area (Å²) in [6.45, 7) is 8.13. The van der Waals surface area contributed by atoms with Gasteiger partial charge in [-0.25, -0.2) is 14.4 Å². The van der Waals surface area contributed by atoms with E-state index in [1.165, 1.54) is 24.4 Å². The number of benzene rings is 1. The van der Waals surface area contributed by atoms with Crippen molar-refractivity contribution in [3.8, 4) is 28.5 Å². The van der Waals surface area contributed by atoms with E-state index in [2.05, 4.69) is 20.3 Å². The van der Waals surface area contributed by atoms with E-state index < -0.39 is 11.4 Å². The molecule has 0 aliphatic rings. The summed E-state index contributed by atoms with van der Waals surface area (Å²) in [5.41, 5.74) is 0.515. The Kier molecular flexibility index (Phi) is 8.95. The van der Waals surface area contributed by atoms with Crippen molar-refractivity contribution in [2.24, 2.45) is 5.92 Å². The molecule has 3 rings (SSSR count). The van der Waals surface area contributed by atoms with Gasteiger partial charge in [0.1, 0.15) is 18.2 Å². The number of hydrogen-bond donors (Lipinski definition) is 2. The van der Waals surface area contributed by atoms with Crippen molar-refractivity contribution < 1.29 is 18.7 Å². The van der Waals surface area contributed by atoms with Gasteiger partial charge in [-0.1, -0.05) is 31.5 Å². The molecule has 0 radical (unpaired) electrons. The van der Waals surface area contributed by atoms with Gasteiger partial charge in [0.25, 0.3) is 5.56 Å². The van der Waals surface area contributed by atoms with Crippen LogP contribution in [-0.4, -0.2) is 40.2 Å². The number of rotatable bonds is 10. The molecule has 0 bridgehead atoms. The Balaban J connectivity index is 1.85. The zero-order valence-electron chi connectivity index (χ0n) is 20.0. The lowest BCUT2D eigenvalue weighted by Gasteiger charge is -2.13. The number of aromatic nitrogens is 3. The van der Waals surface area contributed by atoms with Crippen LogP contribution < -0.4 is 15.6 Å². The second-order valence-electron chi connectivity index (χ2n) is 8.40. The predicted molar refractivity (Wildman–Crippen MR) is 132 cm³/mol. The molecule has 1 amide bonds. The highest BCUT2D eigenvalue weighted by Gasteiger charge is 2.18. The van der Waals surface area contributed by atoms with Crippen LogP contribution in [0.3, 0.4) is 0 Å². The standard InChI is InChI=1S/C25H28ClFN4O4/c1-14(2)25(33)29-13-17-5-7-18(26)22(23(17)27)24-30-19(11-20(32)31-24)16-6-8-21(28-12-16)35-10-9-34-15(3)4/h5-8,11-12,14-15H,9-10,13H2,1-4H3,(H,29,33)(H,30,31,32). The molecule has 0 fully saturated rings. The Bertz CT molecular complexity index is 1230. The maximum absolute atomic E-state index is 15.3. The molecule has 10 heteroatoms. The molecule has 0 aliphatic carbocycles. The normalized spacial score (nSPS) is 11.2. The van der Waals surface area contributed by atoms with Crippen LogP contribution in [0, 0.1) is 11.7 Å². The van der Waals surface area contributed by atoms with Crippen LogP contribution in [0.2, 0.25) is 5.02 Å². The number of carbonyl (C=O) groups is 1. The van der Waals surface area contributed by atoms with E-state index in [0.29, 0.717) is 30.4 Å². The highest BCUT2D eigenvalue weighted by atomic mass is 35.5. The molecule has 35 heavy (non-hydrogen) atoms. The topological polar surface area (TPSA) is 106 Å². The van der Waals surface area contributed by atoms with Gasteiger partial charge in [-0.3, -0.25) is 9.59 Å². The smallest absolute Gasteiger partial charge is 0.251 e. The first-order chi connectivity index (χ1) is 16.7. The van der Waals surface area contributed by atoms with Gasteiger partial charge >= 0.3 is 0 Å². The van der Waals surface area contributed by atoms with Crippen molar-refractivity contribution in [2.45, 2.75) is 40.3 Å². The summed E-state index contributed by atoms with van der Waals surface area (Å²) < 4.78 is 26.3. The number of ether oxygens (including phenoxy) is 2. The Morgan fingerprint density at radius 1 is 1.17 bits per heavy atom. The molecule has 3 aromatic rings. The molecule has 0 atom stereocenters. The maximum atomic E-state index is 15.3. The van der Waals surface area contributed by atoms with Crippen molar-refractivity contribution in [2.75, 3.05) is 13.2 Å². The quantitative estimate of drug-likeness (QED) is 0.399. The zero-order chi connectivity index (χ0) is 25.5. The summed E-state index contributed by atoms with van der Waals surface area (Å²) >= 11 is 6.27. The molecule has 0 saturated heterocycles. The summed E-state index contributed by atoms with van der Waals surface area (Å²) in [4.78, 5) is 35.5. The van der Waals surface area contributed by atoms with E-state index in [9.17, 15) is 9.59 Å². The van der Waals surface area contributed by atoms with E-state index in [4.69, 9.17) is 21.1 Å². The summed E-state index contributed by atoms with van der Waals surface area (Å²) in [5.74, 6) is -0.748. The molecule has 2 N–H and O–H groups in total. The highest BCUT2D eigenvalue weighted by molar-refractivity contribution is 6.33. The third kappa shape index (κ3) is 7.10. The molecule has 0 saturated carbocycles. The molecule has 2 aromatic heterocycles. The number of pyridine rings is 1. The Hall–Kier alpha value is -3.30. The van der Waals surface area contributed by atoms with Gasteiger partial charge in [0, 0.05) is 41.9 Å². The molecule has 186 valence electrons. The van der Waals surface area contributed by atoms with Crippen LogP contribution in [0.15, 0.2) is 41.3 Å². The van der Waals surface area contributed by atoms with Gasteiger partial charge < -0.3 is 19.8 Å². The van der Waals surface area contributed by atoms with Crippen LogP contribution in [0.1, 0.15) is 33.3 Å². The predicted octanol–water partition coefficient (Wildman–Crippen LogP) is 4.37. The number of amides is 1. The molecule has 0 spiro atoms. The molecule has 0 aliphatic heterocycles. The average Bonchev–Trinajstić information content (AvgIpc) is 2.81. The van der Waals surface area contributed by atoms with Crippen molar-refractivity contribution in [1.29, 1.82) is 0 Å². The fourth-order valence-electron chi connectivity index (χ4n) is 3.11. The van der Waals surface area contributed by atoms with Gasteiger partial charge in [0.15, 0.2) is 0 Å². The Morgan fingerprint density at radius 2 is 1.94 bits per heavy atom. The first-order valence-corrected chi connectivity index (χ1v) is 11.6. The fraction of sp³-hybridized carbons (Fsp3) is 0.360. The van der Waals surface area contributed by atoms with Gasteiger partial charge in [-0.05, 0) is 26.0 Å². The van der Waals surface area contributed by atoms with E-state index in [1.54, 1.807) is 26.0 Å². The number of hydrogen-bond acceptors (Lipinski definition) is 6. The van der Waals surface area contributed by atoms with Crippen LogP contribution in [0.25, 0.3) is 22.6 Å². The SMILES string of the molecule is CC(C)OCCOc1ccc(-c2cc(=O)[nH]c(-c3c(Cl)ccc(CNC(=O)C(C)C)c3F)n2)cn1. The van der Waals surface area contributed by atoms with Crippen molar-refractivity contribution >= 4 is 17.5 Å². The van der Waals surface area contributed by atoms with Gasteiger partial charge in [0.05, 0.1) is 29.0 Å². The first kappa shape index (κ1) is 26.3. The van der Waals surface area contributed by atoms with E-state index in [0.717, 1.165) is 0 Å². The number of H-pyrrole nitrogens is 1. The summed E-state index contributed by atoms with van der Waals surface area (Å²) in [6.07, 6.45) is 1.63. The number of carbonyl (C=O) groups excluding carboxylic acids is 1. The Morgan fingerprint density at radius 3 is 2.60 bits per heavy atom. The van der Waals surface area contributed by atoms with E-state index in [1.807, 2.05) is 13.8 Å². The minimum absolute atomic E-state index is 0.0233. The Labute approximate surface area is 207 Å². The lowest BCUT2D eigenvalue weighted by molar-refractivity contribution is -0.124. The zero-order valence-corrected chi connectivity index (χ0v) is 20.8. The lowest BCUT2D eigenvalue weighted by atomic mass is 10.1. The minimum atomic E-state index is -0.674. The van der Waals surface area contributed by atoms with Crippen molar-refractivity contribution in [3.63, 3.8) is 0 Å². The van der Waals surface area contributed by atoms with Crippen LogP contribution in [0.4, 0.5) is 4.39 Å². The van der Waals surface area contributed by atoms with Crippen molar-refractivity contribution in [1.82, 2.24) is 20.3 Å². The van der Waals surface area contributed by atoms with Crippen LogP contribution in [-0.2, 0) is 16.1 Å². The molecule has 8 nitrogen and oxygen atoms in total. The van der Waals surface area contributed by atoms with Crippen LogP contribution in [0.5, 0.6) is 5.88 Å². The van der Waals surface area contributed by atoms with Crippen LogP contribution >= 0.6 is 11.6 Å². The van der Waals surface area contributed by atoms with Gasteiger partial charge in [-0.2, -0.15) is 0 Å². The summed E-state index contributed by atoms with van der Waals surface area (Å²) in [5, 5.41) is 2.75. The maximum Gasteiger partial charge on any atom is 0.251 e. The number of aromatic amines is 1. The summed E-state index contributed by atoms with van der Waals surface area (Å²) in [6, 6.07) is 7.63. The third-order valence-corrected chi connectivity index (χ3v) is 5.26. The molecular formula is C25H28ClFN4O4. The van der Waals surface area contributed by atoms with Crippen molar-refractivity contribution in [3.05, 3.63) is 63.3 Å². The van der Waals surface area contributed by atoms with E-state index in [-0.39, 0.29) is 46.4 Å². The second-order valence-corrected chi connectivity index (χ2v) is 8.81. The molecule has 1 aromatic carbocycles. The molecule has 2 heterocycles. The highest BCUT2D eigenvalue weighted by Crippen LogP contribution is 2.31. The molecule has 0 unspecified atom stereocenters. The average molecular weight is 503 g/mol. The van der Waals surface area contributed by atoms with Gasteiger partial charge in [0.2, 0.25) is 11.8 Å². The summed E-state index contributed by atoms with van der Waals surface area (Å²) in [7, 11) is 0. The first-order valence-electron chi connectivity index (χ1n) is 11.2.